The van der Waals surface area contributed by atoms with Gasteiger partial charge in [-0.2, -0.15) is 0 Å². The lowest BCUT2D eigenvalue weighted by Crippen LogP contribution is -2.32. The Bertz CT molecular complexity index is 668. The molecule has 6 nitrogen and oxygen atoms in total. The Morgan fingerprint density at radius 1 is 1.26 bits per heavy atom. The van der Waals surface area contributed by atoms with Crippen LogP contribution >= 0.6 is 0 Å². The number of anilines is 1. The molecule has 1 saturated heterocycles. The Morgan fingerprint density at radius 2 is 2.09 bits per heavy atom. The molecular formula is C17H21N5O. The molecule has 2 aromatic heterocycles. The van der Waals surface area contributed by atoms with E-state index in [-0.39, 0.29) is 5.91 Å². The maximum absolute atomic E-state index is 12.1. The van der Waals surface area contributed by atoms with Gasteiger partial charge in [0.25, 0.3) is 5.91 Å². The van der Waals surface area contributed by atoms with Crippen molar-refractivity contribution in [1.29, 1.82) is 0 Å². The lowest BCUT2D eigenvalue weighted by molar-refractivity contribution is 0.0950. The third-order valence-electron chi connectivity index (χ3n) is 3.89. The van der Waals surface area contributed by atoms with Gasteiger partial charge in [0, 0.05) is 31.2 Å². The quantitative estimate of drug-likeness (QED) is 0.936. The molecule has 1 N–H and O–H groups in total. The van der Waals surface area contributed by atoms with Crippen molar-refractivity contribution in [3.05, 3.63) is 47.5 Å². The summed E-state index contributed by atoms with van der Waals surface area (Å²) < 4.78 is 0. The summed E-state index contributed by atoms with van der Waals surface area (Å²) in [6.45, 7) is 4.36. The minimum Gasteiger partial charge on any atom is -0.346 e. The molecule has 0 unspecified atom stereocenters. The van der Waals surface area contributed by atoms with Crippen LogP contribution in [-0.2, 0) is 6.54 Å². The van der Waals surface area contributed by atoms with Crippen LogP contribution in [0.1, 0.15) is 41.0 Å². The first-order valence-electron chi connectivity index (χ1n) is 8.00. The highest BCUT2D eigenvalue weighted by Crippen LogP contribution is 2.16. The first-order valence-corrected chi connectivity index (χ1v) is 8.00. The van der Waals surface area contributed by atoms with Gasteiger partial charge in [0.05, 0.1) is 17.8 Å². The third-order valence-corrected chi connectivity index (χ3v) is 3.89. The minimum absolute atomic E-state index is 0.145. The van der Waals surface area contributed by atoms with Gasteiger partial charge in [-0.1, -0.05) is 0 Å². The van der Waals surface area contributed by atoms with Crippen molar-refractivity contribution in [3.8, 4) is 0 Å². The molecule has 1 aliphatic heterocycles. The first-order chi connectivity index (χ1) is 11.2. The number of hydrogen-bond donors (Lipinski definition) is 1. The van der Waals surface area contributed by atoms with Gasteiger partial charge in [-0.05, 0) is 44.4 Å². The lowest BCUT2D eigenvalue weighted by Gasteiger charge is -2.27. The topological polar surface area (TPSA) is 71.0 Å². The van der Waals surface area contributed by atoms with E-state index in [2.05, 4.69) is 25.2 Å². The number of pyridine rings is 1. The molecule has 0 radical (unpaired) electrons. The molecule has 3 rings (SSSR count). The fourth-order valence-electron chi connectivity index (χ4n) is 2.71. The van der Waals surface area contributed by atoms with Crippen molar-refractivity contribution in [2.45, 2.75) is 32.7 Å². The average molecular weight is 311 g/mol. The van der Waals surface area contributed by atoms with Crippen LogP contribution in [0.3, 0.4) is 0 Å². The van der Waals surface area contributed by atoms with Crippen molar-refractivity contribution in [2.75, 3.05) is 18.0 Å². The number of amides is 1. The van der Waals surface area contributed by atoms with Crippen molar-refractivity contribution < 1.29 is 4.79 Å². The molecule has 1 fully saturated rings. The summed E-state index contributed by atoms with van der Waals surface area (Å²) in [5, 5.41) is 2.88. The predicted octanol–water partition coefficient (Wildman–Crippen LogP) is 2.10. The van der Waals surface area contributed by atoms with Crippen molar-refractivity contribution in [1.82, 2.24) is 20.3 Å². The van der Waals surface area contributed by atoms with Crippen LogP contribution in [0.15, 0.2) is 30.6 Å². The summed E-state index contributed by atoms with van der Waals surface area (Å²) in [6, 6.07) is 5.40. The summed E-state index contributed by atoms with van der Waals surface area (Å²) in [6.07, 6.45) is 6.85. The van der Waals surface area contributed by atoms with E-state index in [1.807, 2.05) is 13.0 Å². The van der Waals surface area contributed by atoms with E-state index in [0.29, 0.717) is 12.1 Å². The average Bonchev–Trinajstić information content (AvgIpc) is 2.61. The second kappa shape index (κ2) is 7.17. The zero-order chi connectivity index (χ0) is 16.1. The van der Waals surface area contributed by atoms with Crippen molar-refractivity contribution in [2.24, 2.45) is 0 Å². The van der Waals surface area contributed by atoms with E-state index in [1.54, 1.807) is 24.5 Å². The number of carbonyl (C=O) groups excluding carboxylic acids is 1. The van der Waals surface area contributed by atoms with Gasteiger partial charge < -0.3 is 10.2 Å². The number of piperidine rings is 1. The third kappa shape index (κ3) is 4.03. The lowest BCUT2D eigenvalue weighted by atomic mass is 10.1. The Kier molecular flexibility index (Phi) is 4.80. The summed E-state index contributed by atoms with van der Waals surface area (Å²) in [5.74, 6) is 0.629. The highest BCUT2D eigenvalue weighted by atomic mass is 16.1. The van der Waals surface area contributed by atoms with Crippen LogP contribution in [0.2, 0.25) is 0 Å². The van der Waals surface area contributed by atoms with Gasteiger partial charge in [0.15, 0.2) is 0 Å². The number of rotatable bonds is 4. The molecule has 0 spiro atoms. The van der Waals surface area contributed by atoms with E-state index in [0.717, 1.165) is 30.4 Å². The van der Waals surface area contributed by atoms with Gasteiger partial charge in [-0.25, -0.2) is 9.97 Å². The van der Waals surface area contributed by atoms with Crippen LogP contribution in [0, 0.1) is 6.92 Å². The number of nitrogens with one attached hydrogen (secondary N) is 1. The van der Waals surface area contributed by atoms with E-state index in [9.17, 15) is 4.79 Å². The summed E-state index contributed by atoms with van der Waals surface area (Å²) in [5.41, 5.74) is 2.30. The van der Waals surface area contributed by atoms with Gasteiger partial charge in [-0.15, -0.1) is 0 Å². The Hall–Kier alpha value is -2.50. The smallest absolute Gasteiger partial charge is 0.253 e. The largest absolute Gasteiger partial charge is 0.346 e. The zero-order valence-corrected chi connectivity index (χ0v) is 13.3. The molecule has 120 valence electrons. The van der Waals surface area contributed by atoms with Crippen LogP contribution in [0.5, 0.6) is 0 Å². The summed E-state index contributed by atoms with van der Waals surface area (Å²) >= 11 is 0. The summed E-state index contributed by atoms with van der Waals surface area (Å²) in [7, 11) is 0. The Morgan fingerprint density at radius 3 is 2.83 bits per heavy atom. The highest BCUT2D eigenvalue weighted by molar-refractivity contribution is 5.93. The standard InChI is InChI=1S/C17H21N5O/c1-13-10-15(12-19-16(23)14-6-5-7-18-11-14)21-17(20-13)22-8-3-2-4-9-22/h5-7,10-11H,2-4,8-9,12H2,1H3,(H,19,23). The minimum atomic E-state index is -0.145. The van der Waals surface area contributed by atoms with E-state index in [4.69, 9.17) is 0 Å². The molecule has 6 heteroatoms. The maximum atomic E-state index is 12.1. The number of aryl methyl sites for hydroxylation is 1. The molecule has 0 bridgehead atoms. The fourth-order valence-corrected chi connectivity index (χ4v) is 2.71. The fraction of sp³-hybridized carbons (Fsp3) is 0.412. The molecule has 3 heterocycles. The second-order valence-electron chi connectivity index (χ2n) is 5.77. The molecule has 2 aromatic rings. The molecule has 0 atom stereocenters. The van der Waals surface area contributed by atoms with Gasteiger partial charge in [0.1, 0.15) is 0 Å². The van der Waals surface area contributed by atoms with Gasteiger partial charge in [-0.3, -0.25) is 9.78 Å². The number of nitrogens with zero attached hydrogens (tertiary/aromatic N) is 4. The molecule has 23 heavy (non-hydrogen) atoms. The van der Waals surface area contributed by atoms with E-state index >= 15 is 0 Å². The molecule has 0 saturated carbocycles. The number of carbonyl (C=O) groups is 1. The maximum Gasteiger partial charge on any atom is 0.253 e. The number of aromatic nitrogens is 3. The number of hydrogen-bond acceptors (Lipinski definition) is 5. The van der Waals surface area contributed by atoms with Crippen molar-refractivity contribution in [3.63, 3.8) is 0 Å². The SMILES string of the molecule is Cc1cc(CNC(=O)c2cccnc2)nc(N2CCCCC2)n1. The van der Waals surface area contributed by atoms with Gasteiger partial charge in [0.2, 0.25) is 5.95 Å². The normalized spacial score (nSPS) is 14.6. The van der Waals surface area contributed by atoms with Crippen LogP contribution in [0.4, 0.5) is 5.95 Å². The zero-order valence-electron chi connectivity index (χ0n) is 13.3. The van der Waals surface area contributed by atoms with Crippen LogP contribution < -0.4 is 10.2 Å². The summed E-state index contributed by atoms with van der Waals surface area (Å²) in [4.78, 5) is 27.4. The highest BCUT2D eigenvalue weighted by Gasteiger charge is 2.15. The first kappa shape index (κ1) is 15.4. The molecular weight excluding hydrogens is 290 g/mol. The van der Waals surface area contributed by atoms with E-state index in [1.165, 1.54) is 19.3 Å². The second-order valence-corrected chi connectivity index (χ2v) is 5.77. The Balaban J connectivity index is 1.68. The monoisotopic (exact) mass is 311 g/mol. The molecule has 0 aliphatic carbocycles. The van der Waals surface area contributed by atoms with Crippen molar-refractivity contribution >= 4 is 11.9 Å². The van der Waals surface area contributed by atoms with Crippen LogP contribution in [-0.4, -0.2) is 33.9 Å². The van der Waals surface area contributed by atoms with Crippen LogP contribution in [0.25, 0.3) is 0 Å². The van der Waals surface area contributed by atoms with Gasteiger partial charge >= 0.3 is 0 Å². The molecule has 1 amide bonds. The Labute approximate surface area is 136 Å². The predicted molar refractivity (Wildman–Crippen MR) is 88.2 cm³/mol. The molecule has 1 aliphatic rings. The molecule has 0 aromatic carbocycles. The van der Waals surface area contributed by atoms with E-state index < -0.39 is 0 Å².